The van der Waals surface area contributed by atoms with Crippen molar-refractivity contribution >= 4 is 28.9 Å². The van der Waals surface area contributed by atoms with Gasteiger partial charge in [0.1, 0.15) is 4.88 Å². The SMILES string of the molecule is CC[C@@H]1CCc2sc(C(=O)O[C@@H](C)C(=O)Nc3ccc(C)cc3)cc2C1. The van der Waals surface area contributed by atoms with E-state index in [0.29, 0.717) is 16.5 Å². The Labute approximate surface area is 158 Å². The molecule has 5 heteroatoms. The van der Waals surface area contributed by atoms with Crippen LogP contribution in [0.15, 0.2) is 30.3 Å². The van der Waals surface area contributed by atoms with E-state index in [9.17, 15) is 9.59 Å². The first kappa shape index (κ1) is 18.6. The summed E-state index contributed by atoms with van der Waals surface area (Å²) in [4.78, 5) is 26.6. The standard InChI is InChI=1S/C21H25NO3S/c1-4-15-7-10-18-16(11-15)12-19(26-18)21(24)25-14(3)20(23)22-17-8-5-13(2)6-9-17/h5-6,8-9,12,14-15H,4,7,10-11H2,1-3H3,(H,22,23)/t14-,15+/m0/s1. The van der Waals surface area contributed by atoms with E-state index in [4.69, 9.17) is 4.74 Å². The largest absolute Gasteiger partial charge is 0.448 e. The zero-order chi connectivity index (χ0) is 18.7. The summed E-state index contributed by atoms with van der Waals surface area (Å²) in [5.74, 6) is -0.0289. The van der Waals surface area contributed by atoms with Crippen LogP contribution in [0.4, 0.5) is 5.69 Å². The summed E-state index contributed by atoms with van der Waals surface area (Å²) >= 11 is 1.51. The Hall–Kier alpha value is -2.14. The summed E-state index contributed by atoms with van der Waals surface area (Å²) in [6.07, 6.45) is 3.60. The number of nitrogens with one attached hydrogen (secondary N) is 1. The van der Waals surface area contributed by atoms with E-state index in [0.717, 1.165) is 18.4 Å². The first-order valence-electron chi connectivity index (χ1n) is 9.16. The van der Waals surface area contributed by atoms with Gasteiger partial charge >= 0.3 is 5.97 Å². The summed E-state index contributed by atoms with van der Waals surface area (Å²) in [5, 5.41) is 2.78. The molecular formula is C21H25NO3S. The quantitative estimate of drug-likeness (QED) is 0.771. The molecule has 1 amide bonds. The maximum absolute atomic E-state index is 12.4. The monoisotopic (exact) mass is 371 g/mol. The number of benzene rings is 1. The summed E-state index contributed by atoms with van der Waals surface area (Å²) in [7, 11) is 0. The Morgan fingerprint density at radius 2 is 2.04 bits per heavy atom. The normalized spacial score (nSPS) is 17.3. The van der Waals surface area contributed by atoms with Crippen LogP contribution in [0.25, 0.3) is 0 Å². The van der Waals surface area contributed by atoms with E-state index < -0.39 is 12.1 Å². The maximum atomic E-state index is 12.4. The van der Waals surface area contributed by atoms with Gasteiger partial charge in [-0.25, -0.2) is 4.79 Å². The minimum absolute atomic E-state index is 0.324. The average Bonchev–Trinajstić information content (AvgIpc) is 3.06. The summed E-state index contributed by atoms with van der Waals surface area (Å²) in [6.45, 7) is 5.80. The van der Waals surface area contributed by atoms with Crippen LogP contribution in [-0.2, 0) is 22.4 Å². The Balaban J connectivity index is 1.59. The van der Waals surface area contributed by atoms with E-state index in [1.54, 1.807) is 6.92 Å². The van der Waals surface area contributed by atoms with Gasteiger partial charge in [0.2, 0.25) is 0 Å². The molecule has 138 valence electrons. The molecule has 1 aromatic heterocycles. The molecule has 1 heterocycles. The third kappa shape index (κ3) is 4.33. The van der Waals surface area contributed by atoms with Crippen molar-refractivity contribution < 1.29 is 14.3 Å². The van der Waals surface area contributed by atoms with Crippen LogP contribution in [0.1, 0.15) is 52.4 Å². The molecule has 0 spiro atoms. The van der Waals surface area contributed by atoms with Gasteiger partial charge in [0.25, 0.3) is 5.91 Å². The molecule has 2 aromatic rings. The highest BCUT2D eigenvalue weighted by molar-refractivity contribution is 7.14. The lowest BCUT2D eigenvalue weighted by molar-refractivity contribution is -0.123. The Morgan fingerprint density at radius 1 is 1.31 bits per heavy atom. The molecular weight excluding hydrogens is 346 g/mol. The summed E-state index contributed by atoms with van der Waals surface area (Å²) in [5.41, 5.74) is 3.09. The molecule has 0 radical (unpaired) electrons. The van der Waals surface area contributed by atoms with Gasteiger partial charge in [0.15, 0.2) is 6.10 Å². The molecule has 4 nitrogen and oxygen atoms in total. The average molecular weight is 372 g/mol. The molecule has 26 heavy (non-hydrogen) atoms. The third-order valence-electron chi connectivity index (χ3n) is 4.94. The van der Waals surface area contributed by atoms with Gasteiger partial charge in [0, 0.05) is 10.6 Å². The van der Waals surface area contributed by atoms with E-state index >= 15 is 0 Å². The zero-order valence-corrected chi connectivity index (χ0v) is 16.3. The second-order valence-corrected chi connectivity index (χ2v) is 8.12. The number of carbonyl (C=O) groups excluding carboxylic acids is 2. The molecule has 3 rings (SSSR count). The fourth-order valence-electron chi connectivity index (χ4n) is 3.20. The van der Waals surface area contributed by atoms with Crippen LogP contribution in [-0.4, -0.2) is 18.0 Å². The van der Waals surface area contributed by atoms with Gasteiger partial charge in [-0.3, -0.25) is 4.79 Å². The highest BCUT2D eigenvalue weighted by Gasteiger charge is 2.25. The van der Waals surface area contributed by atoms with Crippen molar-refractivity contribution in [3.05, 3.63) is 51.2 Å². The minimum Gasteiger partial charge on any atom is -0.448 e. The predicted octanol–water partition coefficient (Wildman–Crippen LogP) is 4.76. The molecule has 0 saturated carbocycles. The molecule has 0 bridgehead atoms. The topological polar surface area (TPSA) is 55.4 Å². The van der Waals surface area contributed by atoms with Crippen molar-refractivity contribution in [1.82, 2.24) is 0 Å². The predicted molar refractivity (Wildman–Crippen MR) is 105 cm³/mol. The highest BCUT2D eigenvalue weighted by atomic mass is 32.1. The molecule has 1 aromatic carbocycles. The third-order valence-corrected chi connectivity index (χ3v) is 6.15. The van der Waals surface area contributed by atoms with E-state index in [-0.39, 0.29) is 5.91 Å². The van der Waals surface area contributed by atoms with Gasteiger partial charge < -0.3 is 10.1 Å². The lowest BCUT2D eigenvalue weighted by Crippen LogP contribution is -2.29. The number of aryl methyl sites for hydroxylation is 2. The minimum atomic E-state index is -0.841. The fraction of sp³-hybridized carbons (Fsp3) is 0.429. The number of anilines is 1. The van der Waals surface area contributed by atoms with Crippen molar-refractivity contribution in [2.75, 3.05) is 5.32 Å². The van der Waals surface area contributed by atoms with Crippen LogP contribution in [0, 0.1) is 12.8 Å². The van der Waals surface area contributed by atoms with Gasteiger partial charge in [-0.15, -0.1) is 11.3 Å². The fourth-order valence-corrected chi connectivity index (χ4v) is 4.29. The lowest BCUT2D eigenvalue weighted by atomic mass is 9.87. The first-order valence-corrected chi connectivity index (χ1v) is 9.98. The highest BCUT2D eigenvalue weighted by Crippen LogP contribution is 2.33. The summed E-state index contributed by atoms with van der Waals surface area (Å²) < 4.78 is 5.38. The number of thiophene rings is 1. The number of esters is 1. The number of ether oxygens (including phenoxy) is 1. The van der Waals surface area contributed by atoms with Crippen molar-refractivity contribution in [3.63, 3.8) is 0 Å². The van der Waals surface area contributed by atoms with Gasteiger partial charge in [0.05, 0.1) is 0 Å². The molecule has 1 aliphatic rings. The number of hydrogen-bond donors (Lipinski definition) is 1. The van der Waals surface area contributed by atoms with Gasteiger partial charge in [-0.05, 0) is 62.8 Å². The second kappa shape index (κ2) is 8.04. The summed E-state index contributed by atoms with van der Waals surface area (Å²) in [6, 6.07) is 9.46. The number of rotatable bonds is 5. The van der Waals surface area contributed by atoms with Crippen LogP contribution in [0.2, 0.25) is 0 Å². The van der Waals surface area contributed by atoms with Crippen molar-refractivity contribution in [1.29, 1.82) is 0 Å². The Bertz CT molecular complexity index is 794. The van der Waals surface area contributed by atoms with E-state index in [1.165, 1.54) is 34.6 Å². The van der Waals surface area contributed by atoms with Crippen LogP contribution in [0.5, 0.6) is 0 Å². The van der Waals surface area contributed by atoms with E-state index in [1.807, 2.05) is 37.3 Å². The van der Waals surface area contributed by atoms with Crippen LogP contribution < -0.4 is 5.32 Å². The molecule has 0 unspecified atom stereocenters. The molecule has 2 atom stereocenters. The van der Waals surface area contributed by atoms with Gasteiger partial charge in [-0.2, -0.15) is 0 Å². The van der Waals surface area contributed by atoms with Crippen molar-refractivity contribution in [2.24, 2.45) is 5.92 Å². The smallest absolute Gasteiger partial charge is 0.349 e. The molecule has 1 aliphatic carbocycles. The zero-order valence-electron chi connectivity index (χ0n) is 15.5. The second-order valence-electron chi connectivity index (χ2n) is 6.98. The van der Waals surface area contributed by atoms with Crippen LogP contribution in [0.3, 0.4) is 0 Å². The maximum Gasteiger partial charge on any atom is 0.349 e. The van der Waals surface area contributed by atoms with Crippen molar-refractivity contribution in [2.45, 2.75) is 52.6 Å². The number of amides is 1. The number of fused-ring (bicyclic) bond motifs is 1. The van der Waals surface area contributed by atoms with Gasteiger partial charge in [-0.1, -0.05) is 31.0 Å². The molecule has 0 saturated heterocycles. The number of carbonyl (C=O) groups is 2. The first-order chi connectivity index (χ1) is 12.5. The lowest BCUT2D eigenvalue weighted by Gasteiger charge is -2.19. The Kier molecular flexibility index (Phi) is 5.77. The molecule has 0 fully saturated rings. The van der Waals surface area contributed by atoms with E-state index in [2.05, 4.69) is 12.2 Å². The van der Waals surface area contributed by atoms with Crippen LogP contribution >= 0.6 is 11.3 Å². The molecule has 1 N–H and O–H groups in total. The molecule has 0 aliphatic heterocycles. The Morgan fingerprint density at radius 3 is 2.73 bits per heavy atom. The number of hydrogen-bond acceptors (Lipinski definition) is 4. The van der Waals surface area contributed by atoms with Crippen molar-refractivity contribution in [3.8, 4) is 0 Å².